The van der Waals surface area contributed by atoms with Crippen molar-refractivity contribution < 1.29 is 15.0 Å². The highest BCUT2D eigenvalue weighted by Gasteiger charge is 2.29. The second kappa shape index (κ2) is 5.98. The third-order valence-corrected chi connectivity index (χ3v) is 2.49. The highest BCUT2D eigenvalue weighted by molar-refractivity contribution is 5.75. The molecule has 1 amide bonds. The van der Waals surface area contributed by atoms with Gasteiger partial charge < -0.3 is 15.5 Å². The van der Waals surface area contributed by atoms with Crippen LogP contribution in [0.2, 0.25) is 0 Å². The molecule has 0 spiro atoms. The molecule has 1 unspecified atom stereocenters. The van der Waals surface area contributed by atoms with Crippen LogP contribution in [-0.4, -0.2) is 35.4 Å². The molecule has 1 aliphatic rings. The quantitative estimate of drug-likeness (QED) is 0.509. The van der Waals surface area contributed by atoms with Gasteiger partial charge >= 0.3 is 0 Å². The molecule has 0 aromatic carbocycles. The molecule has 0 aliphatic heterocycles. The second-order valence-electron chi connectivity index (χ2n) is 3.89. The van der Waals surface area contributed by atoms with Crippen LogP contribution in [0, 0.1) is 5.92 Å². The first-order chi connectivity index (χ1) is 6.74. The average Bonchev–Trinajstić information content (AvgIpc) is 2.98. The monoisotopic (exact) mass is 201 g/mol. The van der Waals surface area contributed by atoms with E-state index in [2.05, 4.69) is 5.32 Å². The Morgan fingerprint density at radius 1 is 1.43 bits per heavy atom. The lowest BCUT2D eigenvalue weighted by Gasteiger charge is -2.10. The first-order valence-electron chi connectivity index (χ1n) is 5.29. The molecule has 82 valence electrons. The molecular weight excluding hydrogens is 182 g/mol. The van der Waals surface area contributed by atoms with Crippen molar-refractivity contribution >= 4 is 5.91 Å². The molecule has 0 radical (unpaired) electrons. The molecule has 14 heavy (non-hydrogen) atoms. The van der Waals surface area contributed by atoms with Crippen LogP contribution >= 0.6 is 0 Å². The van der Waals surface area contributed by atoms with Gasteiger partial charge in [0.2, 0.25) is 5.91 Å². The minimum atomic E-state index is -0.364. The van der Waals surface area contributed by atoms with E-state index in [-0.39, 0.29) is 18.6 Å². The summed E-state index contributed by atoms with van der Waals surface area (Å²) >= 11 is 0. The van der Waals surface area contributed by atoms with Crippen LogP contribution in [0.3, 0.4) is 0 Å². The van der Waals surface area contributed by atoms with Crippen LogP contribution in [0.25, 0.3) is 0 Å². The van der Waals surface area contributed by atoms with Crippen molar-refractivity contribution in [1.29, 1.82) is 0 Å². The number of carbonyl (C=O) groups is 1. The fourth-order valence-corrected chi connectivity index (χ4v) is 1.35. The zero-order chi connectivity index (χ0) is 10.4. The van der Waals surface area contributed by atoms with E-state index in [9.17, 15) is 9.90 Å². The van der Waals surface area contributed by atoms with Crippen molar-refractivity contribution in [2.75, 3.05) is 13.2 Å². The van der Waals surface area contributed by atoms with E-state index in [1.807, 2.05) is 0 Å². The molecular formula is C10H19NO3. The van der Waals surface area contributed by atoms with Crippen LogP contribution in [-0.2, 0) is 4.79 Å². The number of hydrogen-bond donors (Lipinski definition) is 3. The van der Waals surface area contributed by atoms with Gasteiger partial charge in [-0.15, -0.1) is 0 Å². The predicted molar refractivity (Wildman–Crippen MR) is 52.7 cm³/mol. The number of amides is 1. The van der Waals surface area contributed by atoms with Crippen molar-refractivity contribution in [3.63, 3.8) is 0 Å². The normalized spacial score (nSPS) is 17.9. The molecule has 0 bridgehead atoms. The van der Waals surface area contributed by atoms with Crippen LogP contribution in [0.15, 0.2) is 0 Å². The van der Waals surface area contributed by atoms with E-state index in [1.54, 1.807) is 0 Å². The molecule has 0 aromatic rings. The van der Waals surface area contributed by atoms with E-state index in [4.69, 9.17) is 5.11 Å². The summed E-state index contributed by atoms with van der Waals surface area (Å²) < 4.78 is 0. The topological polar surface area (TPSA) is 69.6 Å². The highest BCUT2D eigenvalue weighted by Crippen LogP contribution is 2.32. The lowest BCUT2D eigenvalue weighted by molar-refractivity contribution is -0.121. The minimum absolute atomic E-state index is 0.0295. The highest BCUT2D eigenvalue weighted by atomic mass is 16.3. The molecule has 0 aromatic heterocycles. The third kappa shape index (κ3) is 4.58. The second-order valence-corrected chi connectivity index (χ2v) is 3.89. The summed E-state index contributed by atoms with van der Waals surface area (Å²) in [6.07, 6.45) is 3.62. The maximum Gasteiger partial charge on any atom is 0.220 e. The van der Waals surface area contributed by atoms with Crippen molar-refractivity contribution in [3.8, 4) is 0 Å². The van der Waals surface area contributed by atoms with E-state index in [0.717, 1.165) is 12.8 Å². The zero-order valence-corrected chi connectivity index (χ0v) is 8.41. The fourth-order valence-electron chi connectivity index (χ4n) is 1.35. The van der Waals surface area contributed by atoms with Gasteiger partial charge in [0.05, 0.1) is 6.10 Å². The van der Waals surface area contributed by atoms with Crippen LogP contribution < -0.4 is 5.32 Å². The fraction of sp³-hybridized carbons (Fsp3) is 0.900. The van der Waals surface area contributed by atoms with Crippen molar-refractivity contribution in [2.24, 2.45) is 5.92 Å². The van der Waals surface area contributed by atoms with Gasteiger partial charge in [0.15, 0.2) is 0 Å². The summed E-state index contributed by atoms with van der Waals surface area (Å²) in [5.74, 6) is 0.380. The van der Waals surface area contributed by atoms with Crippen LogP contribution in [0.4, 0.5) is 0 Å². The summed E-state index contributed by atoms with van der Waals surface area (Å²) in [5, 5.41) is 20.7. The Bertz CT molecular complexity index is 180. The van der Waals surface area contributed by atoms with Gasteiger partial charge in [-0.2, -0.15) is 0 Å². The maximum absolute atomic E-state index is 11.2. The Kier molecular flexibility index (Phi) is 4.90. The standard InChI is InChI=1S/C10H19NO3/c12-6-2-1-3-10(14)11-7-9(13)8-4-5-8/h8-9,12-13H,1-7H2,(H,11,14). The summed E-state index contributed by atoms with van der Waals surface area (Å²) in [6, 6.07) is 0. The third-order valence-electron chi connectivity index (χ3n) is 2.49. The van der Waals surface area contributed by atoms with Gasteiger partial charge in [-0.25, -0.2) is 0 Å². The zero-order valence-electron chi connectivity index (χ0n) is 8.41. The molecule has 4 heteroatoms. The number of aliphatic hydroxyl groups excluding tert-OH is 2. The first-order valence-corrected chi connectivity index (χ1v) is 5.29. The molecule has 0 heterocycles. The van der Waals surface area contributed by atoms with Gasteiger partial charge in [0, 0.05) is 19.6 Å². The Labute approximate surface area is 84.3 Å². The van der Waals surface area contributed by atoms with Gasteiger partial charge in [0.25, 0.3) is 0 Å². The summed E-state index contributed by atoms with van der Waals surface area (Å²) in [4.78, 5) is 11.2. The molecule has 1 rings (SSSR count). The number of carbonyl (C=O) groups excluding carboxylic acids is 1. The number of hydrogen-bond acceptors (Lipinski definition) is 3. The lowest BCUT2D eigenvalue weighted by atomic mass is 10.2. The number of unbranched alkanes of at least 4 members (excludes halogenated alkanes) is 1. The molecule has 3 N–H and O–H groups in total. The molecule has 0 saturated heterocycles. The van der Waals surface area contributed by atoms with E-state index in [0.29, 0.717) is 31.7 Å². The number of aliphatic hydroxyl groups is 2. The average molecular weight is 201 g/mol. The molecule has 1 saturated carbocycles. The maximum atomic E-state index is 11.2. The smallest absolute Gasteiger partial charge is 0.220 e. The molecule has 1 fully saturated rings. The van der Waals surface area contributed by atoms with E-state index in [1.165, 1.54) is 0 Å². The van der Waals surface area contributed by atoms with Crippen molar-refractivity contribution in [3.05, 3.63) is 0 Å². The Morgan fingerprint density at radius 2 is 2.14 bits per heavy atom. The number of nitrogens with one attached hydrogen (secondary N) is 1. The Morgan fingerprint density at radius 3 is 2.71 bits per heavy atom. The SMILES string of the molecule is O=C(CCCCO)NCC(O)C1CC1. The minimum Gasteiger partial charge on any atom is -0.396 e. The predicted octanol–water partition coefficient (Wildman–Crippen LogP) is 0.0361. The summed E-state index contributed by atoms with van der Waals surface area (Å²) in [7, 11) is 0. The van der Waals surface area contributed by atoms with Crippen molar-refractivity contribution in [2.45, 2.75) is 38.2 Å². The molecule has 4 nitrogen and oxygen atoms in total. The molecule has 1 aliphatic carbocycles. The Balaban J connectivity index is 1.96. The van der Waals surface area contributed by atoms with Crippen molar-refractivity contribution in [1.82, 2.24) is 5.32 Å². The van der Waals surface area contributed by atoms with Gasteiger partial charge in [-0.1, -0.05) is 0 Å². The lowest BCUT2D eigenvalue weighted by Crippen LogP contribution is -2.32. The summed E-state index contributed by atoms with van der Waals surface area (Å²) in [6.45, 7) is 0.514. The van der Waals surface area contributed by atoms with Crippen LogP contribution in [0.1, 0.15) is 32.1 Å². The largest absolute Gasteiger partial charge is 0.396 e. The summed E-state index contributed by atoms with van der Waals surface area (Å²) in [5.41, 5.74) is 0. The van der Waals surface area contributed by atoms with E-state index >= 15 is 0 Å². The van der Waals surface area contributed by atoms with Crippen LogP contribution in [0.5, 0.6) is 0 Å². The first kappa shape index (κ1) is 11.5. The molecule has 1 atom stereocenters. The van der Waals surface area contributed by atoms with Gasteiger partial charge in [0.1, 0.15) is 0 Å². The van der Waals surface area contributed by atoms with Gasteiger partial charge in [-0.05, 0) is 31.6 Å². The number of rotatable bonds is 7. The Hall–Kier alpha value is -0.610. The van der Waals surface area contributed by atoms with Gasteiger partial charge in [-0.3, -0.25) is 4.79 Å². The van der Waals surface area contributed by atoms with E-state index < -0.39 is 0 Å².